The molecule has 1 N–H and O–H groups in total. The van der Waals surface area contributed by atoms with Gasteiger partial charge in [0, 0.05) is 51.6 Å². The first-order valence-electron chi connectivity index (χ1n) is 11.8. The Hall–Kier alpha value is -3.03. The molecule has 1 fully saturated rings. The number of nitrogens with zero attached hydrogens (tertiary/aromatic N) is 2. The van der Waals surface area contributed by atoms with E-state index >= 15 is 4.39 Å². The highest BCUT2D eigenvalue weighted by Crippen LogP contribution is 2.56. The molecule has 0 bridgehead atoms. The maximum atomic E-state index is 15.4. The van der Waals surface area contributed by atoms with E-state index in [4.69, 9.17) is 11.6 Å². The molecule has 2 aliphatic rings. The quantitative estimate of drug-likeness (QED) is 0.288. The number of hydrogen-bond acceptors (Lipinski definition) is 3. The number of carboxylic acids is 1. The minimum atomic E-state index is -1.33. The zero-order chi connectivity index (χ0) is 25.2. The van der Waals surface area contributed by atoms with E-state index in [1.165, 1.54) is 48.4 Å². The molecule has 184 valence electrons. The molecule has 4 nitrogen and oxygen atoms in total. The third kappa shape index (κ3) is 3.59. The van der Waals surface area contributed by atoms with E-state index in [0.717, 1.165) is 24.0 Å². The molecule has 6 rings (SSSR count). The Labute approximate surface area is 216 Å². The SMILES string of the molecule is Cc1c(Sc2cccc(C(=O)O)c2F)c2ccc(Cl)c(F)c2n1CCN1CC2(CC2)c2ccccc21. The molecule has 0 saturated heterocycles. The van der Waals surface area contributed by atoms with Gasteiger partial charge in [-0.25, -0.2) is 13.6 Å². The molecule has 8 heteroatoms. The van der Waals surface area contributed by atoms with Crippen molar-refractivity contribution < 1.29 is 18.7 Å². The van der Waals surface area contributed by atoms with Crippen LogP contribution < -0.4 is 4.90 Å². The highest BCUT2D eigenvalue weighted by molar-refractivity contribution is 7.99. The summed E-state index contributed by atoms with van der Waals surface area (Å²) in [5, 5.41) is 9.97. The lowest BCUT2D eigenvalue weighted by atomic mass is 9.99. The topological polar surface area (TPSA) is 45.5 Å². The van der Waals surface area contributed by atoms with Crippen molar-refractivity contribution in [3.05, 3.63) is 88.1 Å². The average Bonchev–Trinajstić information content (AvgIpc) is 3.51. The molecule has 0 unspecified atom stereocenters. The number of aromatic carboxylic acids is 1. The van der Waals surface area contributed by atoms with Gasteiger partial charge in [0.2, 0.25) is 0 Å². The van der Waals surface area contributed by atoms with Crippen LogP contribution in [0.2, 0.25) is 5.02 Å². The van der Waals surface area contributed by atoms with E-state index in [1.807, 2.05) is 11.5 Å². The molecule has 1 aromatic heterocycles. The number of halogens is 3. The summed E-state index contributed by atoms with van der Waals surface area (Å²) in [4.78, 5) is 14.7. The van der Waals surface area contributed by atoms with Gasteiger partial charge >= 0.3 is 5.97 Å². The van der Waals surface area contributed by atoms with Crippen molar-refractivity contribution in [2.24, 2.45) is 0 Å². The summed E-state index contributed by atoms with van der Waals surface area (Å²) in [5.41, 5.74) is 3.67. The second-order valence-corrected chi connectivity index (χ2v) is 11.0. The van der Waals surface area contributed by atoms with Gasteiger partial charge in [-0.1, -0.05) is 47.6 Å². The summed E-state index contributed by atoms with van der Waals surface area (Å²) in [7, 11) is 0. The average molecular weight is 525 g/mol. The third-order valence-electron chi connectivity index (χ3n) is 7.48. The van der Waals surface area contributed by atoms with Gasteiger partial charge in [-0.05, 0) is 55.7 Å². The molecule has 1 saturated carbocycles. The third-order valence-corrected chi connectivity index (χ3v) is 9.03. The number of fused-ring (bicyclic) bond motifs is 3. The molecule has 3 aromatic carbocycles. The van der Waals surface area contributed by atoms with Gasteiger partial charge < -0.3 is 14.6 Å². The second kappa shape index (κ2) is 8.53. The molecule has 0 amide bonds. The van der Waals surface area contributed by atoms with Crippen molar-refractivity contribution in [3.8, 4) is 0 Å². The van der Waals surface area contributed by atoms with Crippen LogP contribution in [0.4, 0.5) is 14.5 Å². The van der Waals surface area contributed by atoms with E-state index in [9.17, 15) is 14.3 Å². The summed E-state index contributed by atoms with van der Waals surface area (Å²) in [6.45, 7) is 4.07. The van der Waals surface area contributed by atoms with E-state index < -0.39 is 23.2 Å². The van der Waals surface area contributed by atoms with Crippen molar-refractivity contribution in [3.63, 3.8) is 0 Å². The molecule has 4 aromatic rings. The predicted octanol–water partition coefficient (Wildman–Crippen LogP) is 7.28. The number of benzene rings is 3. The molecule has 1 aliphatic heterocycles. The van der Waals surface area contributed by atoms with Gasteiger partial charge in [0.1, 0.15) is 0 Å². The van der Waals surface area contributed by atoms with Crippen LogP contribution in [0.15, 0.2) is 64.4 Å². The van der Waals surface area contributed by atoms with Crippen LogP contribution in [0.3, 0.4) is 0 Å². The fourth-order valence-corrected chi connectivity index (χ4v) is 6.73. The molecular weight excluding hydrogens is 502 g/mol. The molecule has 0 atom stereocenters. The lowest BCUT2D eigenvalue weighted by Crippen LogP contribution is -2.28. The Morgan fingerprint density at radius 2 is 1.83 bits per heavy atom. The van der Waals surface area contributed by atoms with Gasteiger partial charge in [-0.3, -0.25) is 0 Å². The van der Waals surface area contributed by atoms with Crippen molar-refractivity contribution in [2.75, 3.05) is 18.0 Å². The van der Waals surface area contributed by atoms with Gasteiger partial charge in [0.25, 0.3) is 0 Å². The van der Waals surface area contributed by atoms with E-state index in [2.05, 4.69) is 29.2 Å². The summed E-state index contributed by atoms with van der Waals surface area (Å²) in [5.74, 6) is -2.64. The largest absolute Gasteiger partial charge is 0.478 e. The van der Waals surface area contributed by atoms with Crippen LogP contribution in [0.5, 0.6) is 0 Å². The molecule has 2 heterocycles. The lowest BCUT2D eigenvalue weighted by molar-refractivity contribution is 0.0691. The highest BCUT2D eigenvalue weighted by atomic mass is 35.5. The number of aromatic nitrogens is 1. The van der Waals surface area contributed by atoms with Gasteiger partial charge in [-0.2, -0.15) is 0 Å². The van der Waals surface area contributed by atoms with Gasteiger partial charge in [-0.15, -0.1) is 0 Å². The monoisotopic (exact) mass is 524 g/mol. The van der Waals surface area contributed by atoms with Crippen molar-refractivity contribution in [2.45, 2.75) is 41.5 Å². The highest BCUT2D eigenvalue weighted by Gasteiger charge is 2.51. The number of carboxylic acid groups (broad SMARTS) is 1. The van der Waals surface area contributed by atoms with Crippen molar-refractivity contribution >= 4 is 45.9 Å². The van der Waals surface area contributed by atoms with E-state index in [0.29, 0.717) is 28.9 Å². The summed E-state index contributed by atoms with van der Waals surface area (Å²) >= 11 is 7.28. The van der Waals surface area contributed by atoms with Crippen molar-refractivity contribution in [1.82, 2.24) is 4.57 Å². The molecule has 1 spiro atoms. The maximum Gasteiger partial charge on any atom is 0.338 e. The zero-order valence-electron chi connectivity index (χ0n) is 19.5. The first-order chi connectivity index (χ1) is 17.3. The first-order valence-corrected chi connectivity index (χ1v) is 13.0. The number of rotatable bonds is 6. The minimum absolute atomic E-state index is 0.0281. The Morgan fingerprint density at radius 3 is 2.58 bits per heavy atom. The maximum absolute atomic E-state index is 15.4. The van der Waals surface area contributed by atoms with Crippen LogP contribution >= 0.6 is 23.4 Å². The van der Waals surface area contributed by atoms with Crippen LogP contribution in [0.1, 0.15) is 34.5 Å². The number of anilines is 1. The van der Waals surface area contributed by atoms with E-state index in [-0.39, 0.29) is 15.3 Å². The molecular formula is C28H23ClF2N2O2S. The fourth-order valence-electron chi connectivity index (χ4n) is 5.48. The van der Waals surface area contributed by atoms with Crippen molar-refractivity contribution in [1.29, 1.82) is 0 Å². The molecule has 36 heavy (non-hydrogen) atoms. The number of hydrogen-bond donors (Lipinski definition) is 1. The lowest BCUT2D eigenvalue weighted by Gasteiger charge is -2.21. The fraction of sp³-hybridized carbons (Fsp3) is 0.250. The van der Waals surface area contributed by atoms with Gasteiger partial charge in [0.15, 0.2) is 11.6 Å². The molecule has 1 aliphatic carbocycles. The summed E-state index contributed by atoms with van der Waals surface area (Å²) in [6, 6.07) is 16.0. The standard InChI is InChI=1S/C28H23ClF2N2O2S/c1-16-26(36-22-8-4-5-17(23(22)30)27(34)35)18-9-10-20(29)24(31)25(18)33(16)14-13-32-15-28(11-12-28)19-6-2-3-7-21(19)32/h2-10H,11-15H2,1H3,(H,34,35). The number of carbonyl (C=O) groups is 1. The predicted molar refractivity (Wildman–Crippen MR) is 139 cm³/mol. The van der Waals surface area contributed by atoms with Crippen LogP contribution in [-0.2, 0) is 12.0 Å². The normalized spacial score (nSPS) is 15.6. The Morgan fingerprint density at radius 1 is 1.06 bits per heavy atom. The minimum Gasteiger partial charge on any atom is -0.478 e. The Kier molecular flexibility index (Phi) is 5.54. The smallest absolute Gasteiger partial charge is 0.338 e. The number of para-hydroxylation sites is 1. The Bertz CT molecular complexity index is 1550. The Balaban J connectivity index is 1.39. The summed E-state index contributed by atoms with van der Waals surface area (Å²) in [6.07, 6.45) is 2.38. The first kappa shape index (κ1) is 23.4. The van der Waals surface area contributed by atoms with Crippen LogP contribution in [-0.4, -0.2) is 28.7 Å². The van der Waals surface area contributed by atoms with E-state index in [1.54, 1.807) is 6.07 Å². The summed E-state index contributed by atoms with van der Waals surface area (Å²) < 4.78 is 32.3. The second-order valence-electron chi connectivity index (χ2n) is 9.57. The van der Waals surface area contributed by atoms with Gasteiger partial charge in [0.05, 0.1) is 16.1 Å². The zero-order valence-corrected chi connectivity index (χ0v) is 21.1. The van der Waals surface area contributed by atoms with Crippen LogP contribution in [0.25, 0.3) is 10.9 Å². The van der Waals surface area contributed by atoms with Crippen LogP contribution in [0, 0.1) is 18.6 Å². The molecule has 0 radical (unpaired) electrons.